The predicted octanol–water partition coefficient (Wildman–Crippen LogP) is 4.75. The largest absolute Gasteiger partial charge is 0.371 e. The van der Waals surface area contributed by atoms with Crippen molar-refractivity contribution in [2.45, 2.75) is 46.1 Å². The van der Waals surface area contributed by atoms with Gasteiger partial charge in [-0.2, -0.15) is 0 Å². The first kappa shape index (κ1) is 15.8. The van der Waals surface area contributed by atoms with E-state index in [1.54, 1.807) is 0 Å². The number of piperidine rings is 1. The summed E-state index contributed by atoms with van der Waals surface area (Å²) in [5.41, 5.74) is 2.83. The molecule has 1 heterocycles. The SMILES string of the molecule is CCCNC(C)c1ccc(Br)cc1N1CCC(C)CC1. The Morgan fingerprint density at radius 3 is 2.70 bits per heavy atom. The third kappa shape index (κ3) is 3.98. The van der Waals surface area contributed by atoms with Crippen LogP contribution in [-0.4, -0.2) is 19.6 Å². The topological polar surface area (TPSA) is 15.3 Å². The van der Waals surface area contributed by atoms with Crippen LogP contribution in [-0.2, 0) is 0 Å². The lowest BCUT2D eigenvalue weighted by Gasteiger charge is -2.34. The molecular formula is C17H27BrN2. The molecule has 112 valence electrons. The standard InChI is InChI=1S/C17H27BrN2/c1-4-9-19-14(3)16-6-5-15(18)12-17(16)20-10-7-13(2)8-11-20/h5-6,12-14,19H,4,7-11H2,1-3H3. The summed E-state index contributed by atoms with van der Waals surface area (Å²) in [5, 5.41) is 3.61. The normalized spacial score (nSPS) is 18.3. The molecule has 1 unspecified atom stereocenters. The van der Waals surface area contributed by atoms with E-state index in [1.807, 2.05) is 0 Å². The Morgan fingerprint density at radius 2 is 2.05 bits per heavy atom. The fraction of sp³-hybridized carbons (Fsp3) is 0.647. The number of anilines is 1. The molecule has 1 aromatic carbocycles. The maximum atomic E-state index is 3.63. The summed E-state index contributed by atoms with van der Waals surface area (Å²) in [6.07, 6.45) is 3.79. The van der Waals surface area contributed by atoms with Gasteiger partial charge in [0, 0.05) is 29.3 Å². The Morgan fingerprint density at radius 1 is 1.35 bits per heavy atom. The number of halogens is 1. The van der Waals surface area contributed by atoms with E-state index in [9.17, 15) is 0 Å². The van der Waals surface area contributed by atoms with Crippen molar-refractivity contribution in [3.63, 3.8) is 0 Å². The molecule has 0 radical (unpaired) electrons. The molecule has 1 N–H and O–H groups in total. The summed E-state index contributed by atoms with van der Waals surface area (Å²) in [6, 6.07) is 7.13. The molecule has 0 amide bonds. The molecule has 0 aromatic heterocycles. The fourth-order valence-corrected chi connectivity index (χ4v) is 3.23. The van der Waals surface area contributed by atoms with Crippen LogP contribution >= 0.6 is 15.9 Å². The number of hydrogen-bond donors (Lipinski definition) is 1. The molecule has 1 aromatic rings. The van der Waals surface area contributed by atoms with Gasteiger partial charge in [-0.25, -0.2) is 0 Å². The van der Waals surface area contributed by atoms with Gasteiger partial charge in [-0.1, -0.05) is 35.8 Å². The zero-order valence-electron chi connectivity index (χ0n) is 13.0. The minimum absolute atomic E-state index is 0.414. The van der Waals surface area contributed by atoms with Crippen molar-refractivity contribution < 1.29 is 0 Å². The highest BCUT2D eigenvalue weighted by atomic mass is 79.9. The summed E-state index contributed by atoms with van der Waals surface area (Å²) in [6.45, 7) is 10.3. The molecule has 1 aliphatic rings. The number of hydrogen-bond acceptors (Lipinski definition) is 2. The van der Waals surface area contributed by atoms with Gasteiger partial charge in [0.2, 0.25) is 0 Å². The second-order valence-corrected chi connectivity index (χ2v) is 6.96. The number of nitrogens with zero attached hydrogens (tertiary/aromatic N) is 1. The Balaban J connectivity index is 2.19. The Bertz CT molecular complexity index is 425. The molecule has 2 rings (SSSR count). The predicted molar refractivity (Wildman–Crippen MR) is 91.5 cm³/mol. The average Bonchev–Trinajstić information content (AvgIpc) is 2.45. The Hall–Kier alpha value is -0.540. The maximum Gasteiger partial charge on any atom is 0.0425 e. The molecule has 1 aliphatic heterocycles. The van der Waals surface area contributed by atoms with Crippen LogP contribution in [0.1, 0.15) is 51.6 Å². The van der Waals surface area contributed by atoms with Crippen LogP contribution in [0, 0.1) is 5.92 Å². The van der Waals surface area contributed by atoms with Crippen LogP contribution in [0.5, 0.6) is 0 Å². The fourth-order valence-electron chi connectivity index (χ4n) is 2.88. The zero-order chi connectivity index (χ0) is 14.5. The molecule has 0 bridgehead atoms. The van der Waals surface area contributed by atoms with Crippen LogP contribution in [0.15, 0.2) is 22.7 Å². The van der Waals surface area contributed by atoms with E-state index in [0.717, 1.165) is 12.5 Å². The summed E-state index contributed by atoms with van der Waals surface area (Å²) in [5.74, 6) is 0.873. The summed E-state index contributed by atoms with van der Waals surface area (Å²) >= 11 is 3.63. The van der Waals surface area contributed by atoms with Crippen molar-refractivity contribution in [1.29, 1.82) is 0 Å². The number of nitrogens with one attached hydrogen (secondary N) is 1. The first-order valence-corrected chi connectivity index (χ1v) is 8.69. The second-order valence-electron chi connectivity index (χ2n) is 6.05. The molecule has 0 aliphatic carbocycles. The molecule has 0 spiro atoms. The minimum atomic E-state index is 0.414. The van der Waals surface area contributed by atoms with Crippen LogP contribution in [0.4, 0.5) is 5.69 Å². The average molecular weight is 339 g/mol. The smallest absolute Gasteiger partial charge is 0.0425 e. The van der Waals surface area contributed by atoms with E-state index < -0.39 is 0 Å². The summed E-state index contributed by atoms with van der Waals surface area (Å²) in [7, 11) is 0. The van der Waals surface area contributed by atoms with Crippen LogP contribution in [0.2, 0.25) is 0 Å². The molecule has 2 nitrogen and oxygen atoms in total. The third-order valence-corrected chi connectivity index (χ3v) is 4.78. The van der Waals surface area contributed by atoms with E-state index in [2.05, 4.69) is 65.1 Å². The second kappa shape index (κ2) is 7.46. The van der Waals surface area contributed by atoms with Crippen LogP contribution in [0.25, 0.3) is 0 Å². The van der Waals surface area contributed by atoms with Crippen LogP contribution in [0.3, 0.4) is 0 Å². The first-order valence-electron chi connectivity index (χ1n) is 7.89. The van der Waals surface area contributed by atoms with Gasteiger partial charge in [0.05, 0.1) is 0 Å². The van der Waals surface area contributed by atoms with Gasteiger partial charge in [-0.15, -0.1) is 0 Å². The number of rotatable bonds is 5. The lowest BCUT2D eigenvalue weighted by atomic mass is 9.97. The van der Waals surface area contributed by atoms with Crippen molar-refractivity contribution in [2.75, 3.05) is 24.5 Å². The highest BCUT2D eigenvalue weighted by molar-refractivity contribution is 9.10. The molecule has 20 heavy (non-hydrogen) atoms. The summed E-state index contributed by atoms with van der Waals surface area (Å²) in [4.78, 5) is 2.56. The monoisotopic (exact) mass is 338 g/mol. The van der Waals surface area contributed by atoms with Crippen molar-refractivity contribution in [2.24, 2.45) is 5.92 Å². The Kier molecular flexibility index (Phi) is 5.91. The molecule has 1 fully saturated rings. The Labute approximate surface area is 132 Å². The molecule has 3 heteroatoms. The third-order valence-electron chi connectivity index (χ3n) is 4.28. The lowest BCUT2D eigenvalue weighted by molar-refractivity contribution is 0.436. The van der Waals surface area contributed by atoms with Crippen LogP contribution < -0.4 is 10.2 Å². The van der Waals surface area contributed by atoms with Crippen molar-refractivity contribution in [1.82, 2.24) is 5.32 Å². The lowest BCUT2D eigenvalue weighted by Crippen LogP contribution is -2.34. The highest BCUT2D eigenvalue weighted by Crippen LogP contribution is 2.32. The zero-order valence-corrected chi connectivity index (χ0v) is 14.5. The van der Waals surface area contributed by atoms with E-state index in [-0.39, 0.29) is 0 Å². The number of benzene rings is 1. The van der Waals surface area contributed by atoms with Gasteiger partial charge in [0.25, 0.3) is 0 Å². The molecule has 1 atom stereocenters. The molecular weight excluding hydrogens is 312 g/mol. The molecule has 1 saturated heterocycles. The van der Waals surface area contributed by atoms with Gasteiger partial charge >= 0.3 is 0 Å². The quantitative estimate of drug-likeness (QED) is 0.833. The van der Waals surface area contributed by atoms with Gasteiger partial charge < -0.3 is 10.2 Å². The first-order chi connectivity index (χ1) is 9.61. The van der Waals surface area contributed by atoms with E-state index in [0.29, 0.717) is 6.04 Å². The van der Waals surface area contributed by atoms with E-state index in [4.69, 9.17) is 0 Å². The minimum Gasteiger partial charge on any atom is -0.371 e. The summed E-state index contributed by atoms with van der Waals surface area (Å²) < 4.78 is 1.18. The van der Waals surface area contributed by atoms with E-state index >= 15 is 0 Å². The van der Waals surface area contributed by atoms with Gasteiger partial charge in [-0.05, 0) is 56.3 Å². The van der Waals surface area contributed by atoms with Gasteiger partial charge in [0.15, 0.2) is 0 Å². The molecule has 0 saturated carbocycles. The van der Waals surface area contributed by atoms with Crippen molar-refractivity contribution in [3.05, 3.63) is 28.2 Å². The van der Waals surface area contributed by atoms with Gasteiger partial charge in [0.1, 0.15) is 0 Å². The van der Waals surface area contributed by atoms with E-state index in [1.165, 1.54) is 48.1 Å². The van der Waals surface area contributed by atoms with Crippen molar-refractivity contribution >= 4 is 21.6 Å². The highest BCUT2D eigenvalue weighted by Gasteiger charge is 2.20. The van der Waals surface area contributed by atoms with Gasteiger partial charge in [-0.3, -0.25) is 0 Å². The van der Waals surface area contributed by atoms with Crippen molar-refractivity contribution in [3.8, 4) is 0 Å². The maximum absolute atomic E-state index is 3.63.